The Morgan fingerprint density at radius 2 is 2.04 bits per heavy atom. The van der Waals surface area contributed by atoms with Crippen LogP contribution in [0.15, 0.2) is 12.1 Å². The first-order valence-corrected chi connectivity index (χ1v) is 9.13. The molecule has 1 aromatic rings. The molecule has 1 aliphatic rings. The molecule has 0 aromatic heterocycles. The molecule has 1 atom stereocenters. The van der Waals surface area contributed by atoms with Crippen LogP contribution < -0.4 is 10.8 Å². The van der Waals surface area contributed by atoms with Crippen molar-refractivity contribution in [1.29, 1.82) is 0 Å². The average Bonchev–Trinajstić information content (AvgIpc) is 2.93. The van der Waals surface area contributed by atoms with Gasteiger partial charge < -0.3 is 24.8 Å². The highest BCUT2D eigenvalue weighted by Crippen LogP contribution is 2.17. The van der Waals surface area contributed by atoms with Crippen LogP contribution in [0.2, 0.25) is 0 Å². The van der Waals surface area contributed by atoms with Crippen LogP contribution in [0.5, 0.6) is 0 Å². The van der Waals surface area contributed by atoms with E-state index in [0.29, 0.717) is 29.6 Å². The van der Waals surface area contributed by atoms with Crippen LogP contribution in [-0.4, -0.2) is 47.4 Å². The number of benzene rings is 1. The molecule has 0 radical (unpaired) electrons. The number of hydrogen-bond donors (Lipinski definition) is 3. The Kier molecular flexibility index (Phi) is 6.67. The normalized spacial score (nSPS) is 14.9. The highest BCUT2D eigenvalue weighted by molar-refractivity contribution is 6.62. The van der Waals surface area contributed by atoms with Crippen molar-refractivity contribution in [3.8, 4) is 0 Å². The Bertz CT molecular complexity index is 713. The number of rotatable bonds is 7. The lowest BCUT2D eigenvalue weighted by molar-refractivity contribution is -0.148. The average molecular weight is 377 g/mol. The molecular formula is C19H28BNO6. The zero-order valence-electron chi connectivity index (χ0n) is 16.5. The van der Waals surface area contributed by atoms with Crippen molar-refractivity contribution in [3.63, 3.8) is 0 Å². The molecule has 7 nitrogen and oxygen atoms in total. The molecule has 0 spiro atoms. The molecule has 0 aliphatic carbocycles. The van der Waals surface area contributed by atoms with E-state index < -0.39 is 30.6 Å². The largest absolute Gasteiger partial charge is 0.492 e. The van der Waals surface area contributed by atoms with Crippen molar-refractivity contribution in [1.82, 2.24) is 5.32 Å². The molecule has 1 amide bonds. The second kappa shape index (κ2) is 8.41. The van der Waals surface area contributed by atoms with Crippen LogP contribution in [-0.2, 0) is 20.8 Å². The number of carbonyl (C=O) groups is 2. The SMILES string of the molecule is Cc1c(C(=O)N[C@H](C(=O)OCCC(C)(C)O)C(C)C)ccc2c1B(O)OC2. The van der Waals surface area contributed by atoms with E-state index in [2.05, 4.69) is 5.32 Å². The Morgan fingerprint density at radius 1 is 1.37 bits per heavy atom. The van der Waals surface area contributed by atoms with Crippen molar-refractivity contribution < 1.29 is 29.1 Å². The predicted octanol–water partition coefficient (Wildman–Crippen LogP) is 0.671. The Balaban J connectivity index is 2.09. The molecule has 1 aromatic carbocycles. The quantitative estimate of drug-likeness (QED) is 0.477. The van der Waals surface area contributed by atoms with E-state index in [-0.39, 0.29) is 12.5 Å². The summed E-state index contributed by atoms with van der Waals surface area (Å²) in [6.07, 6.45) is 0.305. The van der Waals surface area contributed by atoms with Gasteiger partial charge in [-0.05, 0) is 49.3 Å². The van der Waals surface area contributed by atoms with E-state index in [1.54, 1.807) is 32.9 Å². The van der Waals surface area contributed by atoms with Crippen molar-refractivity contribution in [3.05, 3.63) is 28.8 Å². The van der Waals surface area contributed by atoms with Crippen molar-refractivity contribution in [2.45, 2.75) is 59.3 Å². The van der Waals surface area contributed by atoms with Gasteiger partial charge in [-0.25, -0.2) is 4.79 Å². The highest BCUT2D eigenvalue weighted by Gasteiger charge is 2.32. The fraction of sp³-hybridized carbons (Fsp3) is 0.579. The molecular weight excluding hydrogens is 349 g/mol. The van der Waals surface area contributed by atoms with Crippen LogP contribution in [0.3, 0.4) is 0 Å². The van der Waals surface area contributed by atoms with Crippen molar-refractivity contribution in [2.24, 2.45) is 5.92 Å². The molecule has 27 heavy (non-hydrogen) atoms. The first-order chi connectivity index (χ1) is 12.5. The Morgan fingerprint density at radius 3 is 2.63 bits per heavy atom. The van der Waals surface area contributed by atoms with E-state index in [1.807, 2.05) is 13.8 Å². The lowest BCUT2D eigenvalue weighted by Crippen LogP contribution is -2.46. The first kappa shape index (κ1) is 21.4. The number of esters is 1. The summed E-state index contributed by atoms with van der Waals surface area (Å²) in [6.45, 7) is 9.03. The van der Waals surface area contributed by atoms with Gasteiger partial charge in [-0.1, -0.05) is 19.9 Å². The van der Waals surface area contributed by atoms with Crippen LogP contribution in [0.4, 0.5) is 0 Å². The zero-order chi connectivity index (χ0) is 20.4. The molecule has 0 unspecified atom stereocenters. The summed E-state index contributed by atoms with van der Waals surface area (Å²) in [4.78, 5) is 25.1. The molecule has 0 fully saturated rings. The maximum atomic E-state index is 12.7. The van der Waals surface area contributed by atoms with Gasteiger partial charge in [-0.2, -0.15) is 0 Å². The third-order valence-corrected chi connectivity index (χ3v) is 4.66. The van der Waals surface area contributed by atoms with Gasteiger partial charge in [0.2, 0.25) is 0 Å². The first-order valence-electron chi connectivity index (χ1n) is 9.13. The number of amides is 1. The van der Waals surface area contributed by atoms with E-state index in [1.165, 1.54) is 0 Å². The minimum atomic E-state index is -1.04. The van der Waals surface area contributed by atoms with Gasteiger partial charge >= 0.3 is 13.1 Å². The topological polar surface area (TPSA) is 105 Å². The van der Waals surface area contributed by atoms with Gasteiger partial charge in [0.25, 0.3) is 5.91 Å². The zero-order valence-corrected chi connectivity index (χ0v) is 16.5. The van der Waals surface area contributed by atoms with Crippen LogP contribution in [0.25, 0.3) is 0 Å². The third-order valence-electron chi connectivity index (χ3n) is 4.66. The Hall–Kier alpha value is -1.90. The molecule has 1 heterocycles. The molecule has 1 aliphatic heterocycles. The predicted molar refractivity (Wildman–Crippen MR) is 102 cm³/mol. The molecule has 148 valence electrons. The maximum Gasteiger partial charge on any atom is 0.492 e. The second-order valence-electron chi connectivity index (χ2n) is 7.90. The summed E-state index contributed by atoms with van der Waals surface area (Å²) in [7, 11) is -1.04. The molecule has 0 saturated carbocycles. The van der Waals surface area contributed by atoms with Gasteiger partial charge in [0, 0.05) is 12.0 Å². The van der Waals surface area contributed by atoms with Crippen LogP contribution in [0.1, 0.15) is 55.6 Å². The lowest BCUT2D eigenvalue weighted by atomic mass is 9.75. The summed E-state index contributed by atoms with van der Waals surface area (Å²) < 4.78 is 10.4. The van der Waals surface area contributed by atoms with E-state index in [0.717, 1.165) is 5.56 Å². The molecule has 0 saturated heterocycles. The van der Waals surface area contributed by atoms with Gasteiger partial charge in [0.1, 0.15) is 6.04 Å². The number of fused-ring (bicyclic) bond motifs is 1. The molecule has 3 N–H and O–H groups in total. The van der Waals surface area contributed by atoms with Crippen LogP contribution >= 0.6 is 0 Å². The van der Waals surface area contributed by atoms with Gasteiger partial charge in [0.05, 0.1) is 18.8 Å². The van der Waals surface area contributed by atoms with Crippen molar-refractivity contribution in [2.75, 3.05) is 6.61 Å². The summed E-state index contributed by atoms with van der Waals surface area (Å²) in [5, 5.41) is 22.4. The van der Waals surface area contributed by atoms with E-state index in [9.17, 15) is 19.7 Å². The third kappa shape index (κ3) is 5.31. The standard InChI is InChI=1S/C19H28BNO6/c1-11(2)16(18(23)26-9-8-19(4,5)24)21-17(22)14-7-6-13-10-27-20(25)15(13)12(14)3/h6-7,11,16,24-25H,8-10H2,1-5H3,(H,21,22)/t16-/m0/s1. The summed E-state index contributed by atoms with van der Waals surface area (Å²) in [5.41, 5.74) is 1.54. The van der Waals surface area contributed by atoms with Crippen LogP contribution in [0, 0.1) is 12.8 Å². The summed E-state index contributed by atoms with van der Waals surface area (Å²) in [5.74, 6) is -1.12. The number of carbonyl (C=O) groups excluding carboxylic acids is 2. The smallest absolute Gasteiger partial charge is 0.464 e. The fourth-order valence-electron chi connectivity index (χ4n) is 2.96. The van der Waals surface area contributed by atoms with E-state index >= 15 is 0 Å². The minimum Gasteiger partial charge on any atom is -0.464 e. The van der Waals surface area contributed by atoms with E-state index in [4.69, 9.17) is 9.39 Å². The Labute approximate surface area is 160 Å². The number of aliphatic hydroxyl groups is 1. The van der Waals surface area contributed by atoms with Gasteiger partial charge in [-0.15, -0.1) is 0 Å². The minimum absolute atomic E-state index is 0.0722. The number of ether oxygens (including phenoxy) is 1. The highest BCUT2D eigenvalue weighted by atomic mass is 16.5. The monoisotopic (exact) mass is 377 g/mol. The number of nitrogens with one attached hydrogen (secondary N) is 1. The molecule has 8 heteroatoms. The lowest BCUT2D eigenvalue weighted by Gasteiger charge is -2.23. The van der Waals surface area contributed by atoms with Crippen molar-refractivity contribution >= 4 is 24.5 Å². The second-order valence-corrected chi connectivity index (χ2v) is 7.90. The molecule has 2 rings (SSSR count). The summed E-state index contributed by atoms with van der Waals surface area (Å²) in [6, 6.07) is 2.61. The maximum absolute atomic E-state index is 12.7. The fourth-order valence-corrected chi connectivity index (χ4v) is 2.96. The van der Waals surface area contributed by atoms with Gasteiger partial charge in [-0.3, -0.25) is 4.79 Å². The van der Waals surface area contributed by atoms with Gasteiger partial charge in [0.15, 0.2) is 0 Å². The molecule has 0 bridgehead atoms. The number of hydrogen-bond acceptors (Lipinski definition) is 6. The summed E-state index contributed by atoms with van der Waals surface area (Å²) >= 11 is 0.